The van der Waals surface area contributed by atoms with Crippen LogP contribution in [0.5, 0.6) is 0 Å². The average molecular weight is 286 g/mol. The molecule has 0 aliphatic rings. The molecule has 0 unspecified atom stereocenters. The second-order valence-corrected chi connectivity index (χ2v) is 4.88. The van der Waals surface area contributed by atoms with E-state index in [1.54, 1.807) is 6.07 Å². The second kappa shape index (κ2) is 4.54. The number of aromatic amines is 1. The summed E-state index contributed by atoms with van der Waals surface area (Å²) in [5, 5.41) is 9.79. The number of nitrogens with one attached hydrogen (secondary N) is 1. The number of nitrogens with zero attached hydrogens (tertiary/aromatic N) is 2. The fourth-order valence-corrected chi connectivity index (χ4v) is 2.50. The molecule has 2 aromatic carbocycles. The summed E-state index contributed by atoms with van der Waals surface area (Å²) in [5.74, 6) is 0. The molecule has 1 aromatic heterocycles. The molecule has 5 heteroatoms. The van der Waals surface area contributed by atoms with Gasteiger partial charge in [0.15, 0.2) is 4.77 Å². The molecule has 0 amide bonds. The van der Waals surface area contributed by atoms with Crippen molar-refractivity contribution in [3.05, 3.63) is 57.8 Å². The van der Waals surface area contributed by atoms with Gasteiger partial charge >= 0.3 is 0 Å². The number of rotatable bonds is 1. The Morgan fingerprint density at radius 1 is 1.16 bits per heavy atom. The molecule has 0 saturated carbocycles. The maximum absolute atomic E-state index is 9.11. The Morgan fingerprint density at radius 2 is 1.89 bits per heavy atom. The zero-order chi connectivity index (χ0) is 13.4. The number of para-hydroxylation sites is 1. The highest BCUT2D eigenvalue weighted by Crippen LogP contribution is 2.23. The number of hydrogen-bond acceptors (Lipinski definition) is 2. The van der Waals surface area contributed by atoms with E-state index in [0.717, 1.165) is 16.7 Å². The summed E-state index contributed by atoms with van der Waals surface area (Å²) in [6, 6.07) is 15.1. The fourth-order valence-electron chi connectivity index (χ4n) is 2.07. The minimum atomic E-state index is 0.556. The van der Waals surface area contributed by atoms with Crippen molar-refractivity contribution in [1.82, 2.24) is 9.55 Å². The number of halogens is 1. The van der Waals surface area contributed by atoms with E-state index in [1.165, 1.54) is 0 Å². The van der Waals surface area contributed by atoms with Gasteiger partial charge in [-0.15, -0.1) is 0 Å². The molecule has 92 valence electrons. The summed E-state index contributed by atoms with van der Waals surface area (Å²) >= 11 is 11.2. The lowest BCUT2D eigenvalue weighted by molar-refractivity contribution is 1.06. The SMILES string of the molecule is N#Cc1cccc2c1[nH]c(=S)n2-c1ccc(Cl)cc1. The molecule has 19 heavy (non-hydrogen) atoms. The maximum Gasteiger partial charge on any atom is 0.182 e. The Labute approximate surface area is 119 Å². The first-order chi connectivity index (χ1) is 9.20. The standard InChI is InChI=1S/C14H8ClN3S/c15-10-4-6-11(7-5-10)18-12-3-1-2-9(8-16)13(12)17-14(18)19/h1-7H,(H,17,19). The van der Waals surface area contributed by atoms with Gasteiger partial charge in [-0.3, -0.25) is 4.57 Å². The molecule has 0 fully saturated rings. The van der Waals surface area contributed by atoms with E-state index >= 15 is 0 Å². The van der Waals surface area contributed by atoms with Crippen molar-refractivity contribution in [2.75, 3.05) is 0 Å². The summed E-state index contributed by atoms with van der Waals surface area (Å²) < 4.78 is 2.45. The molecule has 0 bridgehead atoms. The minimum Gasteiger partial charge on any atom is -0.329 e. The Morgan fingerprint density at radius 3 is 2.58 bits per heavy atom. The summed E-state index contributed by atoms with van der Waals surface area (Å²) in [6.45, 7) is 0. The molecule has 3 aromatic rings. The van der Waals surface area contributed by atoms with Crippen molar-refractivity contribution in [1.29, 1.82) is 5.26 Å². The molecule has 0 aliphatic heterocycles. The maximum atomic E-state index is 9.11. The van der Waals surface area contributed by atoms with Gasteiger partial charge in [-0.25, -0.2) is 0 Å². The van der Waals surface area contributed by atoms with Gasteiger partial charge in [0.1, 0.15) is 6.07 Å². The number of H-pyrrole nitrogens is 1. The largest absolute Gasteiger partial charge is 0.329 e. The van der Waals surface area contributed by atoms with Crippen molar-refractivity contribution < 1.29 is 0 Å². The Kier molecular flexibility index (Phi) is 2.86. The molecule has 0 atom stereocenters. The van der Waals surface area contributed by atoms with Crippen molar-refractivity contribution in [2.45, 2.75) is 0 Å². The van der Waals surface area contributed by atoms with Gasteiger partial charge in [0.2, 0.25) is 0 Å². The predicted octanol–water partition coefficient (Wildman–Crippen LogP) is 4.21. The number of nitriles is 1. The Bertz CT molecular complexity index is 853. The van der Waals surface area contributed by atoms with Crippen molar-refractivity contribution in [3.8, 4) is 11.8 Å². The molecular formula is C14H8ClN3S. The lowest BCUT2D eigenvalue weighted by Crippen LogP contribution is -1.93. The molecule has 0 radical (unpaired) electrons. The smallest absolute Gasteiger partial charge is 0.182 e. The van der Waals surface area contributed by atoms with Crippen LogP contribution in [-0.2, 0) is 0 Å². The van der Waals surface area contributed by atoms with Gasteiger partial charge < -0.3 is 4.98 Å². The zero-order valence-corrected chi connectivity index (χ0v) is 11.3. The zero-order valence-electron chi connectivity index (χ0n) is 9.72. The first-order valence-corrected chi connectivity index (χ1v) is 6.39. The quantitative estimate of drug-likeness (QED) is 0.681. The third kappa shape index (κ3) is 1.93. The van der Waals surface area contributed by atoms with Gasteiger partial charge in [0.05, 0.1) is 16.6 Å². The van der Waals surface area contributed by atoms with E-state index < -0.39 is 0 Å². The number of benzene rings is 2. The van der Waals surface area contributed by atoms with Crippen LogP contribution in [-0.4, -0.2) is 9.55 Å². The van der Waals surface area contributed by atoms with Crippen LogP contribution in [0.3, 0.4) is 0 Å². The van der Waals surface area contributed by atoms with Gasteiger partial charge in [-0.05, 0) is 48.6 Å². The molecule has 1 heterocycles. The van der Waals surface area contributed by atoms with Gasteiger partial charge in [0, 0.05) is 10.7 Å². The van der Waals surface area contributed by atoms with Gasteiger partial charge in [0.25, 0.3) is 0 Å². The molecule has 0 saturated heterocycles. The molecule has 3 nitrogen and oxygen atoms in total. The lowest BCUT2D eigenvalue weighted by Gasteiger charge is -2.04. The van der Waals surface area contributed by atoms with Crippen molar-refractivity contribution >= 4 is 34.9 Å². The van der Waals surface area contributed by atoms with Crippen molar-refractivity contribution in [3.63, 3.8) is 0 Å². The monoisotopic (exact) mass is 285 g/mol. The highest BCUT2D eigenvalue weighted by molar-refractivity contribution is 7.71. The van der Waals surface area contributed by atoms with Crippen LogP contribution in [0, 0.1) is 16.1 Å². The van der Waals surface area contributed by atoms with Crippen LogP contribution in [0.4, 0.5) is 0 Å². The molecule has 0 aliphatic carbocycles. The summed E-state index contributed by atoms with van der Waals surface area (Å²) in [4.78, 5) is 3.08. The summed E-state index contributed by atoms with van der Waals surface area (Å²) in [5.41, 5.74) is 3.13. The Hall–Kier alpha value is -2.09. The Balaban J connectivity index is 2.36. The van der Waals surface area contributed by atoms with Crippen LogP contribution in [0.15, 0.2) is 42.5 Å². The minimum absolute atomic E-state index is 0.556. The highest BCUT2D eigenvalue weighted by atomic mass is 35.5. The van der Waals surface area contributed by atoms with Crippen LogP contribution in [0.2, 0.25) is 5.02 Å². The number of aromatic nitrogens is 2. The van der Waals surface area contributed by atoms with E-state index in [2.05, 4.69) is 11.1 Å². The number of hydrogen-bond donors (Lipinski definition) is 1. The topological polar surface area (TPSA) is 44.5 Å². The predicted molar refractivity (Wildman–Crippen MR) is 78.2 cm³/mol. The van der Waals surface area contributed by atoms with Crippen molar-refractivity contribution in [2.24, 2.45) is 0 Å². The fraction of sp³-hybridized carbons (Fsp3) is 0. The number of imidazole rings is 1. The van der Waals surface area contributed by atoms with Gasteiger partial charge in [-0.2, -0.15) is 5.26 Å². The molecule has 1 N–H and O–H groups in total. The van der Waals surface area contributed by atoms with E-state index in [9.17, 15) is 0 Å². The van der Waals surface area contributed by atoms with Crippen LogP contribution >= 0.6 is 23.8 Å². The number of fused-ring (bicyclic) bond motifs is 1. The van der Waals surface area contributed by atoms with E-state index in [0.29, 0.717) is 15.4 Å². The van der Waals surface area contributed by atoms with Crippen LogP contribution < -0.4 is 0 Å². The lowest BCUT2D eigenvalue weighted by atomic mass is 10.2. The van der Waals surface area contributed by atoms with E-state index in [-0.39, 0.29) is 0 Å². The first-order valence-electron chi connectivity index (χ1n) is 5.60. The first kappa shape index (κ1) is 12.0. The highest BCUT2D eigenvalue weighted by Gasteiger charge is 2.09. The average Bonchev–Trinajstić information content (AvgIpc) is 2.76. The molecular weight excluding hydrogens is 278 g/mol. The summed E-state index contributed by atoms with van der Waals surface area (Å²) in [7, 11) is 0. The van der Waals surface area contributed by atoms with Crippen LogP contribution in [0.1, 0.15) is 5.56 Å². The summed E-state index contributed by atoms with van der Waals surface area (Å²) in [6.07, 6.45) is 0. The van der Waals surface area contributed by atoms with E-state index in [4.69, 9.17) is 29.1 Å². The van der Waals surface area contributed by atoms with E-state index in [1.807, 2.05) is 41.0 Å². The normalized spacial score (nSPS) is 10.5. The van der Waals surface area contributed by atoms with Crippen LogP contribution in [0.25, 0.3) is 16.7 Å². The third-order valence-electron chi connectivity index (χ3n) is 2.92. The second-order valence-electron chi connectivity index (χ2n) is 4.05. The van der Waals surface area contributed by atoms with Gasteiger partial charge in [-0.1, -0.05) is 17.7 Å². The molecule has 3 rings (SSSR count). The molecule has 0 spiro atoms. The third-order valence-corrected chi connectivity index (χ3v) is 3.46.